The molecule has 3 rings (SSSR count). The summed E-state index contributed by atoms with van der Waals surface area (Å²) in [6, 6.07) is 16.2. The van der Waals surface area contributed by atoms with Crippen LogP contribution in [0.5, 0.6) is 5.75 Å². The maximum atomic E-state index is 10.1. The van der Waals surface area contributed by atoms with E-state index >= 15 is 0 Å². The second-order valence-electron chi connectivity index (χ2n) is 5.10. The van der Waals surface area contributed by atoms with Crippen molar-refractivity contribution in [1.82, 2.24) is 0 Å². The third-order valence-electron chi connectivity index (χ3n) is 3.86. The molecule has 2 aromatic carbocycles. The van der Waals surface area contributed by atoms with E-state index < -0.39 is 0 Å². The molecule has 20 heavy (non-hydrogen) atoms. The third-order valence-corrected chi connectivity index (χ3v) is 3.86. The van der Waals surface area contributed by atoms with Crippen LogP contribution in [0.15, 0.2) is 48.5 Å². The smallest absolute Gasteiger partial charge is 0.123 e. The molecule has 0 aromatic heterocycles. The molecule has 104 valence electrons. The highest BCUT2D eigenvalue weighted by molar-refractivity contribution is 5.57. The number of rotatable bonds is 3. The van der Waals surface area contributed by atoms with Gasteiger partial charge in [0, 0.05) is 29.9 Å². The molecule has 1 unspecified atom stereocenters. The topological polar surface area (TPSA) is 32.7 Å². The monoisotopic (exact) mass is 269 g/mol. The van der Waals surface area contributed by atoms with Crippen LogP contribution in [0.25, 0.3) is 0 Å². The molecule has 0 bridgehead atoms. The number of aliphatic hydroxyl groups excluding tert-OH is 1. The van der Waals surface area contributed by atoms with E-state index in [0.717, 1.165) is 36.5 Å². The zero-order valence-electron chi connectivity index (χ0n) is 11.6. The van der Waals surface area contributed by atoms with Gasteiger partial charge < -0.3 is 14.7 Å². The second-order valence-corrected chi connectivity index (χ2v) is 5.10. The van der Waals surface area contributed by atoms with Crippen molar-refractivity contribution in [2.45, 2.75) is 19.1 Å². The van der Waals surface area contributed by atoms with Crippen LogP contribution in [-0.2, 0) is 6.54 Å². The summed E-state index contributed by atoms with van der Waals surface area (Å²) in [4.78, 5) is 2.31. The lowest BCUT2D eigenvalue weighted by molar-refractivity contribution is 0.164. The highest BCUT2D eigenvalue weighted by Crippen LogP contribution is 2.35. The molecule has 0 spiro atoms. The lowest BCUT2D eigenvalue weighted by Gasteiger charge is -2.34. The predicted molar refractivity (Wildman–Crippen MR) is 80.1 cm³/mol. The Kier molecular flexibility index (Phi) is 3.61. The van der Waals surface area contributed by atoms with E-state index in [4.69, 9.17) is 4.74 Å². The van der Waals surface area contributed by atoms with Crippen molar-refractivity contribution >= 4 is 5.69 Å². The minimum Gasteiger partial charge on any atom is -0.496 e. The highest BCUT2D eigenvalue weighted by atomic mass is 16.5. The van der Waals surface area contributed by atoms with Crippen LogP contribution in [0, 0.1) is 0 Å². The van der Waals surface area contributed by atoms with Gasteiger partial charge in [-0.25, -0.2) is 0 Å². The predicted octanol–water partition coefficient (Wildman–Crippen LogP) is 3.14. The molecular weight excluding hydrogens is 250 g/mol. The summed E-state index contributed by atoms with van der Waals surface area (Å²) in [5, 5.41) is 10.1. The lowest BCUT2D eigenvalue weighted by atomic mass is 9.98. The van der Waals surface area contributed by atoms with Gasteiger partial charge in [-0.3, -0.25) is 0 Å². The molecule has 0 saturated heterocycles. The molecule has 0 aliphatic carbocycles. The van der Waals surface area contributed by atoms with E-state index in [9.17, 15) is 5.11 Å². The first-order valence-electron chi connectivity index (χ1n) is 6.93. The van der Waals surface area contributed by atoms with Gasteiger partial charge in [0.05, 0.1) is 13.2 Å². The van der Waals surface area contributed by atoms with Crippen molar-refractivity contribution in [3.63, 3.8) is 0 Å². The average molecular weight is 269 g/mol. The summed E-state index contributed by atoms with van der Waals surface area (Å²) in [6.45, 7) is 1.66. The van der Waals surface area contributed by atoms with Crippen molar-refractivity contribution in [2.24, 2.45) is 0 Å². The fraction of sp³-hybridized carbons (Fsp3) is 0.294. The van der Waals surface area contributed by atoms with Crippen molar-refractivity contribution in [3.8, 4) is 5.75 Å². The van der Waals surface area contributed by atoms with Crippen LogP contribution < -0.4 is 9.64 Å². The molecule has 0 radical (unpaired) electrons. The van der Waals surface area contributed by atoms with Gasteiger partial charge in [0.1, 0.15) is 5.75 Å². The van der Waals surface area contributed by atoms with Gasteiger partial charge in [-0.1, -0.05) is 36.4 Å². The van der Waals surface area contributed by atoms with E-state index in [1.165, 1.54) is 5.56 Å². The van der Waals surface area contributed by atoms with E-state index in [-0.39, 0.29) is 6.10 Å². The molecule has 1 aliphatic heterocycles. The number of benzene rings is 2. The van der Waals surface area contributed by atoms with Crippen LogP contribution in [0.1, 0.15) is 23.7 Å². The van der Waals surface area contributed by atoms with Gasteiger partial charge in [-0.05, 0) is 18.6 Å². The van der Waals surface area contributed by atoms with E-state index in [2.05, 4.69) is 17.0 Å². The number of fused-ring (bicyclic) bond motifs is 1. The average Bonchev–Trinajstić information content (AvgIpc) is 2.51. The van der Waals surface area contributed by atoms with E-state index in [0.29, 0.717) is 0 Å². The largest absolute Gasteiger partial charge is 0.496 e. The van der Waals surface area contributed by atoms with Crippen molar-refractivity contribution in [2.75, 3.05) is 18.6 Å². The molecule has 0 amide bonds. The Hall–Kier alpha value is -2.00. The van der Waals surface area contributed by atoms with E-state index in [1.54, 1.807) is 7.11 Å². The van der Waals surface area contributed by atoms with Gasteiger partial charge in [-0.2, -0.15) is 0 Å². The summed E-state index contributed by atoms with van der Waals surface area (Å²) in [7, 11) is 1.70. The normalized spacial score (nSPS) is 17.7. The van der Waals surface area contributed by atoms with Crippen LogP contribution in [0.2, 0.25) is 0 Å². The Morgan fingerprint density at radius 3 is 2.75 bits per heavy atom. The van der Waals surface area contributed by atoms with Crippen LogP contribution in [0.3, 0.4) is 0 Å². The van der Waals surface area contributed by atoms with Crippen molar-refractivity contribution in [3.05, 3.63) is 59.7 Å². The Labute approximate surface area is 119 Å². The SMILES string of the molecule is COc1ccccc1CN1CCC(O)c2ccccc21. The summed E-state index contributed by atoms with van der Waals surface area (Å²) in [5.74, 6) is 0.913. The molecule has 3 heteroatoms. The highest BCUT2D eigenvalue weighted by Gasteiger charge is 2.23. The minimum atomic E-state index is -0.347. The van der Waals surface area contributed by atoms with Crippen LogP contribution >= 0.6 is 0 Å². The van der Waals surface area contributed by atoms with Crippen LogP contribution in [-0.4, -0.2) is 18.8 Å². The van der Waals surface area contributed by atoms with Gasteiger partial charge >= 0.3 is 0 Å². The number of ether oxygens (including phenoxy) is 1. The Bertz CT molecular complexity index is 597. The van der Waals surface area contributed by atoms with Crippen molar-refractivity contribution in [1.29, 1.82) is 0 Å². The first-order valence-corrected chi connectivity index (χ1v) is 6.93. The molecular formula is C17H19NO2. The maximum Gasteiger partial charge on any atom is 0.123 e. The number of methoxy groups -OCH3 is 1. The molecule has 0 saturated carbocycles. The molecule has 0 fully saturated rings. The Balaban J connectivity index is 1.91. The second kappa shape index (κ2) is 5.55. The molecule has 1 N–H and O–H groups in total. The van der Waals surface area contributed by atoms with Gasteiger partial charge in [0.2, 0.25) is 0 Å². The summed E-state index contributed by atoms with van der Waals surface area (Å²) >= 11 is 0. The van der Waals surface area contributed by atoms with Gasteiger partial charge in [-0.15, -0.1) is 0 Å². The molecule has 3 nitrogen and oxygen atoms in total. The lowest BCUT2D eigenvalue weighted by Crippen LogP contribution is -2.30. The first-order chi connectivity index (χ1) is 9.79. The van der Waals surface area contributed by atoms with Crippen LogP contribution in [0.4, 0.5) is 5.69 Å². The quantitative estimate of drug-likeness (QED) is 0.929. The van der Waals surface area contributed by atoms with Gasteiger partial charge in [0.25, 0.3) is 0 Å². The molecule has 2 aromatic rings. The molecule has 1 atom stereocenters. The zero-order chi connectivity index (χ0) is 13.9. The van der Waals surface area contributed by atoms with E-state index in [1.807, 2.05) is 36.4 Å². The summed E-state index contributed by atoms with van der Waals surface area (Å²) < 4.78 is 5.42. The number of nitrogens with zero attached hydrogens (tertiary/aromatic N) is 1. The number of anilines is 1. The zero-order valence-corrected chi connectivity index (χ0v) is 11.6. The van der Waals surface area contributed by atoms with Gasteiger partial charge in [0.15, 0.2) is 0 Å². The molecule has 1 heterocycles. The Morgan fingerprint density at radius 2 is 1.90 bits per heavy atom. The maximum absolute atomic E-state index is 10.1. The number of para-hydroxylation sites is 2. The number of aliphatic hydroxyl groups is 1. The number of hydrogen-bond acceptors (Lipinski definition) is 3. The fourth-order valence-corrected chi connectivity index (χ4v) is 2.81. The first kappa shape index (κ1) is 13.0. The standard InChI is InChI=1S/C17H19NO2/c1-20-17-9-5-2-6-13(17)12-18-11-10-16(19)14-7-3-4-8-15(14)18/h2-9,16,19H,10-12H2,1H3. The fourth-order valence-electron chi connectivity index (χ4n) is 2.81. The minimum absolute atomic E-state index is 0.347. The molecule has 1 aliphatic rings. The van der Waals surface area contributed by atoms with Crippen molar-refractivity contribution < 1.29 is 9.84 Å². The number of hydrogen-bond donors (Lipinski definition) is 1. The third kappa shape index (κ3) is 2.37. The summed E-state index contributed by atoms with van der Waals surface area (Å²) in [6.07, 6.45) is 0.423. The Morgan fingerprint density at radius 1 is 1.15 bits per heavy atom. The summed E-state index contributed by atoms with van der Waals surface area (Å²) in [5.41, 5.74) is 3.31.